The lowest BCUT2D eigenvalue weighted by molar-refractivity contribution is 0.628. The van der Waals surface area contributed by atoms with E-state index in [4.69, 9.17) is 17.3 Å². The van der Waals surface area contributed by atoms with Gasteiger partial charge in [0, 0.05) is 29.5 Å². The molecule has 0 aromatic heterocycles. The van der Waals surface area contributed by atoms with E-state index < -0.39 is 0 Å². The quantitative estimate of drug-likeness (QED) is 0.879. The van der Waals surface area contributed by atoms with E-state index in [1.807, 2.05) is 36.2 Å². The van der Waals surface area contributed by atoms with Crippen LogP contribution in [-0.2, 0) is 6.42 Å². The molecule has 2 N–H and O–H groups in total. The summed E-state index contributed by atoms with van der Waals surface area (Å²) in [5.41, 5.74) is 8.71. The molecule has 2 aromatic rings. The van der Waals surface area contributed by atoms with Gasteiger partial charge >= 0.3 is 0 Å². The number of benzene rings is 2. The van der Waals surface area contributed by atoms with Crippen LogP contribution in [0.25, 0.3) is 0 Å². The van der Waals surface area contributed by atoms with Gasteiger partial charge in [-0.3, -0.25) is 0 Å². The second-order valence-electron chi connectivity index (χ2n) is 5.19. The van der Waals surface area contributed by atoms with E-state index in [0.29, 0.717) is 5.02 Å². The first-order chi connectivity index (χ1) is 10.0. The van der Waals surface area contributed by atoms with Crippen LogP contribution >= 0.6 is 11.6 Å². The van der Waals surface area contributed by atoms with Crippen LogP contribution in [0.15, 0.2) is 42.5 Å². The molecule has 21 heavy (non-hydrogen) atoms. The Morgan fingerprint density at radius 3 is 2.52 bits per heavy atom. The number of nitrogens with two attached hydrogens (primary N) is 1. The van der Waals surface area contributed by atoms with Crippen LogP contribution in [0.1, 0.15) is 18.9 Å². The van der Waals surface area contributed by atoms with Crippen molar-refractivity contribution in [1.29, 1.82) is 0 Å². The third-order valence-electron chi connectivity index (χ3n) is 3.63. The van der Waals surface area contributed by atoms with Crippen molar-refractivity contribution in [3.05, 3.63) is 58.9 Å². The smallest absolute Gasteiger partial charge is 0.125 e. The Hall–Kier alpha value is -1.58. The average Bonchev–Trinajstić information content (AvgIpc) is 2.48. The summed E-state index contributed by atoms with van der Waals surface area (Å²) in [6.45, 7) is 2.06. The summed E-state index contributed by atoms with van der Waals surface area (Å²) < 4.78 is 13.3. The molecule has 2 aromatic carbocycles. The molecule has 0 saturated carbocycles. The summed E-state index contributed by atoms with van der Waals surface area (Å²) in [7, 11) is 1.89. The van der Waals surface area contributed by atoms with Crippen LogP contribution in [0.5, 0.6) is 0 Å². The minimum absolute atomic E-state index is 0.120. The third kappa shape index (κ3) is 3.96. The van der Waals surface area contributed by atoms with Crippen molar-refractivity contribution < 1.29 is 4.39 Å². The summed E-state index contributed by atoms with van der Waals surface area (Å²) in [6, 6.07) is 12.5. The topological polar surface area (TPSA) is 29.3 Å². The number of nitrogens with zero attached hydrogens (tertiary/aromatic N) is 1. The molecule has 0 amide bonds. The highest BCUT2D eigenvalue weighted by molar-refractivity contribution is 6.31. The predicted molar refractivity (Wildman–Crippen MR) is 87.9 cm³/mol. The van der Waals surface area contributed by atoms with Crippen LogP contribution in [-0.4, -0.2) is 13.1 Å². The Bertz CT molecular complexity index is 615. The molecule has 0 aliphatic heterocycles. The van der Waals surface area contributed by atoms with Crippen LogP contribution in [0.3, 0.4) is 0 Å². The van der Waals surface area contributed by atoms with Gasteiger partial charge < -0.3 is 10.6 Å². The third-order valence-corrected chi connectivity index (χ3v) is 3.98. The number of hydrogen-bond donors (Lipinski definition) is 1. The van der Waals surface area contributed by atoms with Crippen molar-refractivity contribution in [2.75, 3.05) is 11.9 Å². The van der Waals surface area contributed by atoms with E-state index in [1.54, 1.807) is 6.07 Å². The van der Waals surface area contributed by atoms with Crippen LogP contribution in [0, 0.1) is 5.82 Å². The molecule has 1 atom stereocenters. The van der Waals surface area contributed by atoms with Gasteiger partial charge in [0.25, 0.3) is 0 Å². The lowest BCUT2D eigenvalue weighted by atomic mass is 10.0. The monoisotopic (exact) mass is 306 g/mol. The fraction of sp³-hybridized carbons (Fsp3) is 0.294. The second kappa shape index (κ2) is 6.92. The highest BCUT2D eigenvalue weighted by Crippen LogP contribution is 2.29. The Morgan fingerprint density at radius 2 is 1.90 bits per heavy atom. The van der Waals surface area contributed by atoms with Crippen molar-refractivity contribution in [2.45, 2.75) is 25.8 Å². The van der Waals surface area contributed by atoms with E-state index >= 15 is 0 Å². The summed E-state index contributed by atoms with van der Waals surface area (Å²) >= 11 is 6.34. The predicted octanol–water partition coefficient (Wildman–Crippen LogP) is 4.53. The zero-order valence-corrected chi connectivity index (χ0v) is 13.1. The normalized spacial score (nSPS) is 12.2. The lowest BCUT2D eigenvalue weighted by Gasteiger charge is -2.21. The summed E-state index contributed by atoms with van der Waals surface area (Å²) in [5, 5.41) is 0.694. The van der Waals surface area contributed by atoms with Crippen LogP contribution in [0.4, 0.5) is 15.8 Å². The molecule has 0 spiro atoms. The van der Waals surface area contributed by atoms with Crippen molar-refractivity contribution >= 4 is 23.0 Å². The van der Waals surface area contributed by atoms with Crippen LogP contribution < -0.4 is 10.6 Å². The number of anilines is 2. The molecule has 0 saturated heterocycles. The molecule has 0 radical (unpaired) electrons. The van der Waals surface area contributed by atoms with Gasteiger partial charge in [-0.05, 0) is 48.7 Å². The standard InChI is InChI=1S/C17H20ClFN2/c1-3-14(20)9-12-7-8-16(11-17(12)18)21(2)15-6-4-5-13(19)10-15/h4-8,10-11,14H,3,9,20H2,1-2H3. The average molecular weight is 307 g/mol. The molecule has 0 aliphatic rings. The molecular weight excluding hydrogens is 287 g/mol. The van der Waals surface area contributed by atoms with Gasteiger partial charge in [-0.2, -0.15) is 0 Å². The van der Waals surface area contributed by atoms with Crippen molar-refractivity contribution in [3.63, 3.8) is 0 Å². The van der Waals surface area contributed by atoms with Gasteiger partial charge in [-0.25, -0.2) is 4.39 Å². The SMILES string of the molecule is CCC(N)Cc1ccc(N(C)c2cccc(F)c2)cc1Cl. The van der Waals surface area contributed by atoms with Crippen molar-refractivity contribution in [2.24, 2.45) is 5.73 Å². The van der Waals surface area contributed by atoms with Gasteiger partial charge in [0.2, 0.25) is 0 Å². The molecule has 0 fully saturated rings. The van der Waals surface area contributed by atoms with Gasteiger partial charge in [0.1, 0.15) is 5.82 Å². The number of halogens is 2. The van der Waals surface area contributed by atoms with Gasteiger partial charge in [0.15, 0.2) is 0 Å². The summed E-state index contributed by atoms with van der Waals surface area (Å²) in [5.74, 6) is -0.254. The Kier molecular flexibility index (Phi) is 5.21. The molecule has 0 heterocycles. The van der Waals surface area contributed by atoms with Crippen LogP contribution in [0.2, 0.25) is 5.02 Å². The molecule has 0 bridgehead atoms. The maximum absolute atomic E-state index is 13.3. The Balaban J connectivity index is 2.23. The molecule has 4 heteroatoms. The summed E-state index contributed by atoms with van der Waals surface area (Å²) in [4.78, 5) is 1.90. The second-order valence-corrected chi connectivity index (χ2v) is 5.59. The van der Waals surface area contributed by atoms with Crippen molar-refractivity contribution in [1.82, 2.24) is 0 Å². The molecule has 0 aliphatic carbocycles. The van der Waals surface area contributed by atoms with E-state index in [1.165, 1.54) is 12.1 Å². The van der Waals surface area contributed by atoms with E-state index in [9.17, 15) is 4.39 Å². The fourth-order valence-corrected chi connectivity index (χ4v) is 2.42. The van der Waals surface area contributed by atoms with Gasteiger partial charge in [-0.15, -0.1) is 0 Å². The summed E-state index contributed by atoms with van der Waals surface area (Å²) in [6.07, 6.45) is 1.68. The van der Waals surface area contributed by atoms with Gasteiger partial charge in [0.05, 0.1) is 0 Å². The molecule has 1 unspecified atom stereocenters. The highest BCUT2D eigenvalue weighted by Gasteiger charge is 2.10. The van der Waals surface area contributed by atoms with Crippen molar-refractivity contribution in [3.8, 4) is 0 Å². The molecule has 2 rings (SSSR count). The minimum Gasteiger partial charge on any atom is -0.344 e. The highest BCUT2D eigenvalue weighted by atomic mass is 35.5. The first kappa shape index (κ1) is 15.8. The maximum Gasteiger partial charge on any atom is 0.125 e. The largest absolute Gasteiger partial charge is 0.344 e. The Morgan fingerprint density at radius 1 is 1.19 bits per heavy atom. The van der Waals surface area contributed by atoms with Gasteiger partial charge in [-0.1, -0.05) is 30.7 Å². The molecule has 2 nitrogen and oxygen atoms in total. The fourth-order valence-electron chi connectivity index (χ4n) is 2.17. The zero-order valence-electron chi connectivity index (χ0n) is 12.3. The number of rotatable bonds is 5. The first-order valence-electron chi connectivity index (χ1n) is 7.04. The van der Waals surface area contributed by atoms with E-state index in [2.05, 4.69) is 6.92 Å². The first-order valence-corrected chi connectivity index (χ1v) is 7.42. The number of hydrogen-bond acceptors (Lipinski definition) is 2. The lowest BCUT2D eigenvalue weighted by Crippen LogP contribution is -2.21. The minimum atomic E-state index is -0.254. The maximum atomic E-state index is 13.3. The molecule has 112 valence electrons. The van der Waals surface area contributed by atoms with E-state index in [0.717, 1.165) is 29.8 Å². The zero-order chi connectivity index (χ0) is 15.4. The van der Waals surface area contributed by atoms with E-state index in [-0.39, 0.29) is 11.9 Å². The molecular formula is C17H20ClFN2. The Labute approximate surface area is 130 Å².